The molecule has 12 heteroatoms. The fourth-order valence-corrected chi connectivity index (χ4v) is 5.38. The minimum atomic E-state index is -4.75. The van der Waals surface area contributed by atoms with E-state index < -0.39 is 12.4 Å². The number of hydrogen-bond donors (Lipinski definition) is 1. The highest BCUT2D eigenvalue weighted by atomic mass is 32.1. The molecule has 0 radical (unpaired) electrons. The zero-order chi connectivity index (χ0) is 31.3. The van der Waals surface area contributed by atoms with E-state index in [0.717, 1.165) is 40.9 Å². The molecule has 0 unspecified atom stereocenters. The number of halogens is 3. The summed E-state index contributed by atoms with van der Waals surface area (Å²) in [5, 5.41) is 9.11. The fourth-order valence-electron chi connectivity index (χ4n) is 4.52. The van der Waals surface area contributed by atoms with Crippen LogP contribution in [0.3, 0.4) is 0 Å². The average molecular weight is 619 g/mol. The van der Waals surface area contributed by atoms with Crippen molar-refractivity contribution in [3.05, 3.63) is 112 Å². The van der Waals surface area contributed by atoms with Gasteiger partial charge in [0.2, 0.25) is 0 Å². The van der Waals surface area contributed by atoms with Gasteiger partial charge in [0.1, 0.15) is 12.1 Å². The second-order valence-electron chi connectivity index (χ2n) is 9.95. The first-order valence-electron chi connectivity index (χ1n) is 13.8. The summed E-state index contributed by atoms with van der Waals surface area (Å²) < 4.78 is 44.6. The van der Waals surface area contributed by atoms with Crippen LogP contribution in [0.2, 0.25) is 0 Å². The van der Waals surface area contributed by atoms with Gasteiger partial charge < -0.3 is 10.1 Å². The van der Waals surface area contributed by atoms with Gasteiger partial charge in [0.25, 0.3) is 0 Å². The van der Waals surface area contributed by atoms with E-state index in [1.165, 1.54) is 52.2 Å². The van der Waals surface area contributed by atoms with E-state index in [4.69, 9.17) is 0 Å². The van der Waals surface area contributed by atoms with Crippen molar-refractivity contribution in [1.29, 1.82) is 0 Å². The summed E-state index contributed by atoms with van der Waals surface area (Å²) in [7, 11) is 0. The molecule has 226 valence electrons. The third kappa shape index (κ3) is 7.51. The van der Waals surface area contributed by atoms with Crippen LogP contribution in [0.25, 0.3) is 28.8 Å². The number of benzene rings is 3. The second-order valence-corrected chi connectivity index (χ2v) is 10.8. The Morgan fingerprint density at radius 3 is 2.52 bits per heavy atom. The number of nitrogens with one attached hydrogen (secondary N) is 1. The largest absolute Gasteiger partial charge is 0.573 e. The van der Waals surface area contributed by atoms with Crippen LogP contribution in [0.1, 0.15) is 35.7 Å². The van der Waals surface area contributed by atoms with Crippen molar-refractivity contribution >= 4 is 23.4 Å². The molecule has 5 aromatic rings. The van der Waals surface area contributed by atoms with Crippen molar-refractivity contribution in [2.24, 2.45) is 4.99 Å². The van der Waals surface area contributed by atoms with Gasteiger partial charge in [0, 0.05) is 22.8 Å². The lowest BCUT2D eigenvalue weighted by molar-refractivity contribution is -0.274. The summed E-state index contributed by atoms with van der Waals surface area (Å²) in [5.74, 6) is 0.127. The molecule has 1 N–H and O–H groups in total. The number of rotatable bonds is 8. The molecule has 0 aliphatic carbocycles. The van der Waals surface area contributed by atoms with E-state index in [9.17, 15) is 18.0 Å². The lowest BCUT2D eigenvalue weighted by atomic mass is 10.1. The van der Waals surface area contributed by atoms with Gasteiger partial charge in [-0.15, -0.1) is 29.6 Å². The number of urea groups is 1. The van der Waals surface area contributed by atoms with Gasteiger partial charge in [0.05, 0.1) is 11.4 Å². The Labute approximate surface area is 255 Å². The van der Waals surface area contributed by atoms with Crippen molar-refractivity contribution in [1.82, 2.24) is 24.6 Å². The molecular weight excluding hydrogens is 589 g/mol. The van der Waals surface area contributed by atoms with Crippen LogP contribution in [0, 0.1) is 13.8 Å². The minimum absolute atomic E-state index is 0.316. The predicted octanol–water partition coefficient (Wildman–Crippen LogP) is 7.54. The van der Waals surface area contributed by atoms with Gasteiger partial charge in [-0.1, -0.05) is 49.7 Å². The molecule has 3 aromatic carbocycles. The lowest BCUT2D eigenvalue weighted by Gasteiger charge is -2.13. The predicted molar refractivity (Wildman–Crippen MR) is 164 cm³/mol. The summed E-state index contributed by atoms with van der Waals surface area (Å²) in [6.45, 7) is 6.20. The van der Waals surface area contributed by atoms with Gasteiger partial charge in [-0.05, 0) is 73.4 Å². The molecule has 0 saturated carbocycles. The van der Waals surface area contributed by atoms with Crippen molar-refractivity contribution in [3.8, 4) is 28.5 Å². The molecule has 0 aliphatic heterocycles. The molecule has 44 heavy (non-hydrogen) atoms. The number of carbonyl (C=O) groups excluding carboxylic acids is 1. The maximum atomic E-state index is 12.7. The van der Waals surface area contributed by atoms with E-state index in [0.29, 0.717) is 16.3 Å². The normalized spacial score (nSPS) is 12.2. The maximum Gasteiger partial charge on any atom is 0.573 e. The van der Waals surface area contributed by atoms with Crippen LogP contribution < -0.4 is 14.9 Å². The number of ether oxygens (including phenoxy) is 1. The van der Waals surface area contributed by atoms with Crippen molar-refractivity contribution < 1.29 is 22.7 Å². The van der Waals surface area contributed by atoms with Gasteiger partial charge >= 0.3 is 12.4 Å². The Hall–Kier alpha value is -4.97. The third-order valence-electron chi connectivity index (χ3n) is 6.56. The Bertz CT molecular complexity index is 1850. The second kappa shape index (κ2) is 13.1. The standard InChI is InChI=1S/C32H29F3N6O2S/c1-4-5-24-9-6-21(2)18-28(24)41-22(3)19-44-31(41)38-30(42)36-17-16-23-7-10-25(11-8-23)29-37-20-40(39-29)26-12-14-27(15-13-26)43-32(33,34)35/h6-20H,4-5H2,1-3H3,(H,36,42)/b17-16+,38-31?. The molecule has 0 spiro atoms. The van der Waals surface area contributed by atoms with E-state index >= 15 is 0 Å². The molecule has 8 nitrogen and oxygen atoms in total. The summed E-state index contributed by atoms with van der Waals surface area (Å²) in [6.07, 6.45) is 1.96. The zero-order valence-corrected chi connectivity index (χ0v) is 25.0. The number of amides is 2. The highest BCUT2D eigenvalue weighted by Gasteiger charge is 2.31. The number of carbonyl (C=O) groups is 1. The van der Waals surface area contributed by atoms with E-state index in [1.54, 1.807) is 12.3 Å². The Balaban J connectivity index is 1.24. The Morgan fingerprint density at radius 1 is 1.07 bits per heavy atom. The number of aromatic nitrogens is 4. The van der Waals surface area contributed by atoms with Gasteiger partial charge in [-0.3, -0.25) is 4.57 Å². The number of alkyl halides is 3. The monoisotopic (exact) mass is 618 g/mol. The van der Waals surface area contributed by atoms with Crippen LogP contribution in [-0.4, -0.2) is 31.7 Å². The molecule has 2 aromatic heterocycles. The van der Waals surface area contributed by atoms with Crippen molar-refractivity contribution in [2.45, 2.75) is 40.0 Å². The van der Waals surface area contributed by atoms with Crippen LogP contribution in [0.5, 0.6) is 5.75 Å². The maximum absolute atomic E-state index is 12.7. The van der Waals surface area contributed by atoms with Crippen LogP contribution in [0.15, 0.2) is 89.6 Å². The molecule has 0 bridgehead atoms. The van der Waals surface area contributed by atoms with Crippen LogP contribution in [0.4, 0.5) is 18.0 Å². The topological polar surface area (TPSA) is 86.3 Å². The molecule has 0 aliphatic rings. The minimum Gasteiger partial charge on any atom is -0.406 e. The summed E-state index contributed by atoms with van der Waals surface area (Å²) in [6, 6.07) is 18.6. The number of thiazole rings is 1. The van der Waals surface area contributed by atoms with Crippen molar-refractivity contribution in [2.75, 3.05) is 0 Å². The van der Waals surface area contributed by atoms with Gasteiger partial charge in [-0.2, -0.15) is 4.99 Å². The highest BCUT2D eigenvalue weighted by Crippen LogP contribution is 2.24. The van der Waals surface area contributed by atoms with Gasteiger partial charge in [0.15, 0.2) is 10.6 Å². The van der Waals surface area contributed by atoms with Crippen LogP contribution in [-0.2, 0) is 6.42 Å². The molecule has 0 atom stereocenters. The fraction of sp³-hybridized carbons (Fsp3) is 0.188. The summed E-state index contributed by atoms with van der Waals surface area (Å²) in [4.78, 5) is 21.9. The van der Waals surface area contributed by atoms with Crippen molar-refractivity contribution in [3.63, 3.8) is 0 Å². The smallest absolute Gasteiger partial charge is 0.406 e. The highest BCUT2D eigenvalue weighted by molar-refractivity contribution is 7.07. The average Bonchev–Trinajstić information content (AvgIpc) is 3.61. The Kier molecular flexibility index (Phi) is 9.09. The molecule has 2 amide bonds. The lowest BCUT2D eigenvalue weighted by Crippen LogP contribution is -2.21. The van der Waals surface area contributed by atoms with E-state index in [2.05, 4.69) is 50.3 Å². The molecule has 5 rings (SSSR count). The first-order valence-corrected chi connectivity index (χ1v) is 14.6. The number of nitrogens with zero attached hydrogens (tertiary/aromatic N) is 5. The quantitative estimate of drug-likeness (QED) is 0.195. The van der Waals surface area contributed by atoms with Gasteiger partial charge in [-0.25, -0.2) is 14.5 Å². The number of hydrogen-bond acceptors (Lipinski definition) is 5. The van der Waals surface area contributed by atoms with E-state index in [1.807, 2.05) is 48.1 Å². The van der Waals surface area contributed by atoms with Crippen LogP contribution >= 0.6 is 11.3 Å². The zero-order valence-electron chi connectivity index (χ0n) is 24.2. The first-order chi connectivity index (χ1) is 21.1. The SMILES string of the molecule is CCCc1ccc(C)cc1-n1c(C)csc1=NC(=O)N/C=C/c1ccc(-c2ncn(-c3ccc(OC(F)(F)F)cc3)n2)cc1. The summed E-state index contributed by atoms with van der Waals surface area (Å²) in [5.41, 5.74) is 6.50. The molecule has 0 saturated heterocycles. The van der Waals surface area contributed by atoms with E-state index in [-0.39, 0.29) is 5.75 Å². The third-order valence-corrected chi connectivity index (χ3v) is 7.50. The molecular formula is C32H29F3N6O2S. The molecule has 2 heterocycles. The first kappa shape index (κ1) is 30.5. The molecule has 0 fully saturated rings. The summed E-state index contributed by atoms with van der Waals surface area (Å²) >= 11 is 1.42. The number of aryl methyl sites for hydroxylation is 3. The Morgan fingerprint density at radius 2 is 1.82 bits per heavy atom.